The Balaban J connectivity index is 2.84. The van der Waals surface area contributed by atoms with Crippen LogP contribution in [0.3, 0.4) is 0 Å². The fourth-order valence-electron chi connectivity index (χ4n) is 0.785. The Labute approximate surface area is 84.1 Å². The van der Waals surface area contributed by atoms with Gasteiger partial charge in [0.1, 0.15) is 5.82 Å². The first-order chi connectivity index (χ1) is 5.72. The Morgan fingerprint density at radius 2 is 2.00 bits per heavy atom. The molecule has 64 valence electrons. The SMILES string of the molecule is OC/C(I)=C/c1ccc(F)cc1. The molecule has 0 aliphatic heterocycles. The van der Waals surface area contributed by atoms with Crippen LogP contribution in [-0.2, 0) is 0 Å². The number of hydrogen-bond acceptors (Lipinski definition) is 1. The molecule has 0 atom stereocenters. The predicted octanol–water partition coefficient (Wildman–Crippen LogP) is 2.59. The zero-order valence-corrected chi connectivity index (χ0v) is 8.45. The molecule has 0 aromatic heterocycles. The van der Waals surface area contributed by atoms with E-state index in [0.717, 1.165) is 9.14 Å². The highest BCUT2D eigenvalue weighted by molar-refractivity contribution is 14.1. The molecule has 0 aliphatic carbocycles. The fraction of sp³-hybridized carbons (Fsp3) is 0.111. The summed E-state index contributed by atoms with van der Waals surface area (Å²) in [5, 5.41) is 8.70. The summed E-state index contributed by atoms with van der Waals surface area (Å²) in [7, 11) is 0. The van der Waals surface area contributed by atoms with Gasteiger partial charge in [-0.3, -0.25) is 0 Å². The van der Waals surface area contributed by atoms with Crippen LogP contribution in [0.5, 0.6) is 0 Å². The minimum absolute atomic E-state index is 0.0257. The van der Waals surface area contributed by atoms with E-state index in [4.69, 9.17) is 5.11 Å². The Morgan fingerprint density at radius 3 is 2.50 bits per heavy atom. The molecule has 1 aromatic rings. The molecule has 1 N–H and O–H groups in total. The highest BCUT2D eigenvalue weighted by Crippen LogP contribution is 2.12. The van der Waals surface area contributed by atoms with Crippen molar-refractivity contribution in [1.29, 1.82) is 0 Å². The van der Waals surface area contributed by atoms with E-state index in [2.05, 4.69) is 0 Å². The Morgan fingerprint density at radius 1 is 1.42 bits per heavy atom. The Bertz CT molecular complexity index is 279. The lowest BCUT2D eigenvalue weighted by molar-refractivity contribution is 0.342. The summed E-state index contributed by atoms with van der Waals surface area (Å²) < 4.78 is 13.3. The predicted molar refractivity (Wildman–Crippen MR) is 55.5 cm³/mol. The summed E-state index contributed by atoms with van der Waals surface area (Å²) in [6, 6.07) is 6.13. The van der Waals surface area contributed by atoms with Gasteiger partial charge in [-0.25, -0.2) is 4.39 Å². The summed E-state index contributed by atoms with van der Waals surface area (Å²) in [5.74, 6) is -0.244. The van der Waals surface area contributed by atoms with E-state index < -0.39 is 0 Å². The molecule has 0 saturated heterocycles. The van der Waals surface area contributed by atoms with Crippen LogP contribution in [-0.4, -0.2) is 11.7 Å². The second-order valence-corrected chi connectivity index (χ2v) is 3.69. The van der Waals surface area contributed by atoms with Crippen molar-refractivity contribution in [2.24, 2.45) is 0 Å². The van der Waals surface area contributed by atoms with E-state index in [1.54, 1.807) is 18.2 Å². The molecule has 0 aliphatic rings. The quantitative estimate of drug-likeness (QED) is 0.824. The summed E-state index contributed by atoms with van der Waals surface area (Å²) in [5.41, 5.74) is 0.898. The lowest BCUT2D eigenvalue weighted by Crippen LogP contribution is -1.80. The van der Waals surface area contributed by atoms with Crippen LogP contribution >= 0.6 is 22.6 Å². The standard InChI is InChI=1S/C9H8FIO/c10-8-3-1-7(2-4-8)5-9(11)6-12/h1-5,12H,6H2/b9-5-. The van der Waals surface area contributed by atoms with Crippen molar-refractivity contribution in [3.8, 4) is 0 Å². The maximum Gasteiger partial charge on any atom is 0.123 e. The molecule has 0 radical (unpaired) electrons. The zero-order valence-electron chi connectivity index (χ0n) is 6.30. The molecule has 0 saturated carbocycles. The third-order valence-corrected chi connectivity index (χ3v) is 2.00. The highest BCUT2D eigenvalue weighted by Gasteiger charge is 1.91. The average Bonchev–Trinajstić information content (AvgIpc) is 2.09. The van der Waals surface area contributed by atoms with Gasteiger partial charge in [-0.2, -0.15) is 0 Å². The maximum absolute atomic E-state index is 12.4. The molecular weight excluding hydrogens is 270 g/mol. The van der Waals surface area contributed by atoms with Crippen molar-refractivity contribution < 1.29 is 9.50 Å². The van der Waals surface area contributed by atoms with Gasteiger partial charge in [0.2, 0.25) is 0 Å². The minimum atomic E-state index is -0.244. The summed E-state index contributed by atoms with van der Waals surface area (Å²) in [6.07, 6.45) is 1.81. The molecular formula is C9H8FIO. The third-order valence-electron chi connectivity index (χ3n) is 1.34. The molecule has 12 heavy (non-hydrogen) atoms. The van der Waals surface area contributed by atoms with E-state index in [-0.39, 0.29) is 12.4 Å². The molecule has 1 aromatic carbocycles. The van der Waals surface area contributed by atoms with Crippen LogP contribution in [0.25, 0.3) is 6.08 Å². The Hall–Kier alpha value is -0.420. The van der Waals surface area contributed by atoms with Crippen LogP contribution in [0.4, 0.5) is 4.39 Å². The first kappa shape index (κ1) is 9.67. The van der Waals surface area contributed by atoms with E-state index in [9.17, 15) is 4.39 Å². The Kier molecular flexibility index (Phi) is 3.68. The highest BCUT2D eigenvalue weighted by atomic mass is 127. The molecule has 3 heteroatoms. The second-order valence-electron chi connectivity index (χ2n) is 2.30. The van der Waals surface area contributed by atoms with E-state index in [0.29, 0.717) is 0 Å². The molecule has 1 rings (SSSR count). The fourth-order valence-corrected chi connectivity index (χ4v) is 1.15. The van der Waals surface area contributed by atoms with Crippen molar-refractivity contribution in [3.63, 3.8) is 0 Å². The first-order valence-electron chi connectivity index (χ1n) is 3.45. The molecule has 0 amide bonds. The first-order valence-corrected chi connectivity index (χ1v) is 4.53. The van der Waals surface area contributed by atoms with Crippen molar-refractivity contribution in [2.75, 3.05) is 6.61 Å². The molecule has 0 unspecified atom stereocenters. The van der Waals surface area contributed by atoms with Gasteiger partial charge in [-0.05, 0) is 46.4 Å². The van der Waals surface area contributed by atoms with Crippen molar-refractivity contribution >= 4 is 28.7 Å². The number of benzene rings is 1. The number of halogens is 2. The monoisotopic (exact) mass is 278 g/mol. The van der Waals surface area contributed by atoms with Gasteiger partial charge in [0.05, 0.1) is 6.61 Å². The molecule has 0 fully saturated rings. The number of hydrogen-bond donors (Lipinski definition) is 1. The second kappa shape index (κ2) is 4.57. The van der Waals surface area contributed by atoms with Crippen LogP contribution in [0, 0.1) is 5.82 Å². The summed E-state index contributed by atoms with van der Waals surface area (Å²) in [4.78, 5) is 0. The van der Waals surface area contributed by atoms with Gasteiger partial charge in [0.15, 0.2) is 0 Å². The summed E-state index contributed by atoms with van der Waals surface area (Å²) in [6.45, 7) is 0.0257. The average molecular weight is 278 g/mol. The van der Waals surface area contributed by atoms with Crippen LogP contribution in [0.15, 0.2) is 27.8 Å². The molecule has 0 spiro atoms. The normalized spacial score (nSPS) is 11.8. The van der Waals surface area contributed by atoms with Crippen LogP contribution in [0.1, 0.15) is 5.56 Å². The van der Waals surface area contributed by atoms with Gasteiger partial charge in [-0.15, -0.1) is 0 Å². The lowest BCUT2D eigenvalue weighted by Gasteiger charge is -1.94. The lowest BCUT2D eigenvalue weighted by atomic mass is 10.2. The van der Waals surface area contributed by atoms with E-state index in [1.165, 1.54) is 12.1 Å². The van der Waals surface area contributed by atoms with Crippen LogP contribution in [0.2, 0.25) is 0 Å². The topological polar surface area (TPSA) is 20.2 Å². The van der Waals surface area contributed by atoms with Crippen molar-refractivity contribution in [1.82, 2.24) is 0 Å². The van der Waals surface area contributed by atoms with E-state index >= 15 is 0 Å². The van der Waals surface area contributed by atoms with Gasteiger partial charge in [-0.1, -0.05) is 12.1 Å². The van der Waals surface area contributed by atoms with Gasteiger partial charge in [0, 0.05) is 3.58 Å². The van der Waals surface area contributed by atoms with Crippen molar-refractivity contribution in [2.45, 2.75) is 0 Å². The molecule has 1 nitrogen and oxygen atoms in total. The van der Waals surface area contributed by atoms with Gasteiger partial charge < -0.3 is 5.11 Å². The smallest absolute Gasteiger partial charge is 0.123 e. The van der Waals surface area contributed by atoms with Gasteiger partial charge in [0.25, 0.3) is 0 Å². The number of aliphatic hydroxyl groups is 1. The molecule has 0 bridgehead atoms. The number of rotatable bonds is 2. The largest absolute Gasteiger partial charge is 0.391 e. The third kappa shape index (κ3) is 2.91. The molecule has 0 heterocycles. The van der Waals surface area contributed by atoms with E-state index in [1.807, 2.05) is 22.6 Å². The van der Waals surface area contributed by atoms with Crippen LogP contribution < -0.4 is 0 Å². The van der Waals surface area contributed by atoms with Crippen molar-refractivity contribution in [3.05, 3.63) is 39.2 Å². The van der Waals surface area contributed by atoms with Gasteiger partial charge >= 0.3 is 0 Å². The minimum Gasteiger partial charge on any atom is -0.391 e. The summed E-state index contributed by atoms with van der Waals surface area (Å²) >= 11 is 2.04. The maximum atomic E-state index is 12.4. The zero-order chi connectivity index (χ0) is 8.97. The number of aliphatic hydroxyl groups excluding tert-OH is 1.